The molecule has 5 N–H and O–H groups in total. The summed E-state index contributed by atoms with van der Waals surface area (Å²) in [6.45, 7) is 6.53. The molecule has 0 aliphatic carbocycles. The van der Waals surface area contributed by atoms with E-state index in [9.17, 15) is 38.4 Å². The van der Waals surface area contributed by atoms with Crippen molar-refractivity contribution >= 4 is 97.1 Å². The molecule has 2 aliphatic rings. The first-order valence-electron chi connectivity index (χ1n) is 27.7. The topological polar surface area (TPSA) is 245 Å². The minimum atomic E-state index is -0.811. The molecule has 0 spiro atoms. The van der Waals surface area contributed by atoms with E-state index in [-0.39, 0.29) is 103 Å². The number of anilines is 5. The summed E-state index contributed by atoms with van der Waals surface area (Å²) in [5.41, 5.74) is 6.72. The van der Waals surface area contributed by atoms with Gasteiger partial charge >= 0.3 is 6.09 Å². The van der Waals surface area contributed by atoms with E-state index in [4.69, 9.17) is 19.0 Å². The molecule has 6 aromatic rings. The summed E-state index contributed by atoms with van der Waals surface area (Å²) in [4.78, 5) is 115. The van der Waals surface area contributed by atoms with Crippen molar-refractivity contribution in [3.05, 3.63) is 119 Å². The van der Waals surface area contributed by atoms with Crippen LogP contribution in [0.5, 0.6) is 17.2 Å². The zero-order valence-electron chi connectivity index (χ0n) is 46.8. The van der Waals surface area contributed by atoms with Crippen molar-refractivity contribution in [1.82, 2.24) is 15.4 Å². The quantitative estimate of drug-likeness (QED) is 0.0227. The lowest BCUT2D eigenvalue weighted by molar-refractivity contribution is -0.129. The van der Waals surface area contributed by atoms with E-state index in [1.807, 2.05) is 60.8 Å². The third-order valence-corrected chi connectivity index (χ3v) is 15.1. The average Bonchev–Trinajstić information content (AvgIpc) is 3.95. The Kier molecular flexibility index (Phi) is 20.6. The fraction of sp³-hybridized carbons (Fsp3) is 0.377. The summed E-state index contributed by atoms with van der Waals surface area (Å²) in [5.74, 6) is -1.98. The maximum absolute atomic E-state index is 14.6. The summed E-state index contributed by atoms with van der Waals surface area (Å²) < 4.78 is 20.6. The Labute approximate surface area is 480 Å². The lowest BCUT2D eigenvalue weighted by Gasteiger charge is -2.26. The summed E-state index contributed by atoms with van der Waals surface area (Å²) in [6, 6.07) is 24.9. The second-order valence-electron chi connectivity index (χ2n) is 20.4. The van der Waals surface area contributed by atoms with Gasteiger partial charge in [0.2, 0.25) is 17.7 Å². The van der Waals surface area contributed by atoms with Crippen molar-refractivity contribution in [2.24, 2.45) is 13.0 Å². The van der Waals surface area contributed by atoms with Crippen molar-refractivity contribution < 1.29 is 57.4 Å². The summed E-state index contributed by atoms with van der Waals surface area (Å²) in [5, 5.41) is 14.3. The van der Waals surface area contributed by atoms with Crippen LogP contribution >= 0.6 is 11.3 Å². The Morgan fingerprint density at radius 1 is 0.744 bits per heavy atom. The highest BCUT2D eigenvalue weighted by atomic mass is 32.1. The SMILES string of the molecule is CCNOCCCCC(=O)CCCCC(=O)N[C@H](C)C(=O)C[C@H](C)C(=O)Nc1ccc(OC(=O)N2C[C@@H]3Cc4ccccc4N3C(=O)c3cc(OC)c(OCCCC(=O)Nc4cc(C(=O)Nc5ccc6sccc6c5)n(C)c4)cc32)cc1. The van der Waals surface area contributed by atoms with Crippen LogP contribution in [0, 0.1) is 5.92 Å². The number of para-hydroxylation sites is 1. The number of nitrogens with one attached hydrogen (secondary N) is 5. The van der Waals surface area contributed by atoms with E-state index in [0.29, 0.717) is 68.0 Å². The van der Waals surface area contributed by atoms with Crippen molar-refractivity contribution in [3.8, 4) is 17.2 Å². The van der Waals surface area contributed by atoms with Gasteiger partial charge < -0.3 is 49.8 Å². The molecule has 0 fully saturated rings. The summed E-state index contributed by atoms with van der Waals surface area (Å²) in [6.07, 6.45) is 5.25. The number of unbranched alkanes of at least 4 members (excludes halogenated alkanes) is 2. The van der Waals surface area contributed by atoms with Crippen molar-refractivity contribution in [1.29, 1.82) is 0 Å². The number of methoxy groups -OCH3 is 1. The molecule has 0 bridgehead atoms. The fourth-order valence-corrected chi connectivity index (χ4v) is 10.6. The third-order valence-electron chi connectivity index (χ3n) is 14.2. The van der Waals surface area contributed by atoms with Crippen LogP contribution in [0.15, 0.2) is 103 Å². The van der Waals surface area contributed by atoms with Crippen LogP contribution in [0.1, 0.15) is 111 Å². The minimum Gasteiger partial charge on any atom is -0.493 e. The molecule has 2 aromatic heterocycles. The van der Waals surface area contributed by atoms with Gasteiger partial charge in [0, 0.05) is 85.6 Å². The average molecular weight is 1140 g/mol. The first-order chi connectivity index (χ1) is 39.6. The molecule has 0 radical (unpaired) electrons. The Bertz CT molecular complexity index is 3300. The number of amides is 6. The van der Waals surface area contributed by atoms with Crippen LogP contribution in [0.2, 0.25) is 0 Å². The standard InChI is InChI=1S/C61H70N8O12S/c1-6-62-80-28-12-11-16-46(70)15-8-10-18-56(72)63-39(3)52(71)30-38(2)58(74)65-42-20-23-47(24-21-42)81-61(77)68-37-45-32-40-14-7-9-17-49(40)69(45)60(76)48-34-53(78-5)54(35-50(48)68)79-27-13-19-57(73)64-44-33-51(67(4)36-44)59(75)66-43-22-25-55-41(31-43)26-29-82-55/h7,9,14,17,20-26,29,31,33-36,38-39,45,62H,6,8,10-13,15-16,18-19,27-28,30,32,37H2,1-5H3,(H,63,72)(H,64,73)(H,65,74)(H,66,75)/t38-,39+,45-/m0/s1. The molecule has 0 saturated heterocycles. The van der Waals surface area contributed by atoms with Gasteiger partial charge in [0.1, 0.15) is 17.2 Å². The first kappa shape index (κ1) is 59.7. The van der Waals surface area contributed by atoms with Crippen LogP contribution in [0.4, 0.5) is 33.2 Å². The van der Waals surface area contributed by atoms with Crippen molar-refractivity contribution in [2.75, 3.05) is 59.2 Å². The number of Topliss-reactive ketones (excluding diaryl/α,β-unsaturated/α-hetero) is 2. The van der Waals surface area contributed by atoms with Gasteiger partial charge in [0.15, 0.2) is 17.3 Å². The number of ether oxygens (including phenoxy) is 3. The van der Waals surface area contributed by atoms with Crippen molar-refractivity contribution in [2.45, 2.75) is 103 Å². The second-order valence-corrected chi connectivity index (χ2v) is 21.4. The van der Waals surface area contributed by atoms with Gasteiger partial charge in [0.05, 0.1) is 55.9 Å². The number of carbonyl (C=O) groups is 8. The van der Waals surface area contributed by atoms with Crippen LogP contribution in [-0.4, -0.2) is 97.3 Å². The first-order valence-corrected chi connectivity index (χ1v) is 28.6. The number of benzene rings is 4. The molecular formula is C61H70N8O12S. The maximum Gasteiger partial charge on any atom is 0.419 e. The van der Waals surface area contributed by atoms with E-state index in [1.165, 1.54) is 30.2 Å². The number of nitrogens with zero attached hydrogens (tertiary/aromatic N) is 3. The molecule has 21 heteroatoms. The van der Waals surface area contributed by atoms with Gasteiger partial charge in [-0.15, -0.1) is 11.3 Å². The molecule has 432 valence electrons. The van der Waals surface area contributed by atoms with Gasteiger partial charge in [-0.2, -0.15) is 0 Å². The highest BCUT2D eigenvalue weighted by Gasteiger charge is 2.42. The number of hydroxylamine groups is 1. The number of hydrogen-bond acceptors (Lipinski definition) is 14. The molecule has 0 saturated carbocycles. The molecule has 6 amide bonds. The molecular weight excluding hydrogens is 1070 g/mol. The van der Waals surface area contributed by atoms with Gasteiger partial charge in [-0.25, -0.2) is 10.3 Å². The van der Waals surface area contributed by atoms with Crippen molar-refractivity contribution in [3.63, 3.8) is 0 Å². The molecule has 2 aliphatic heterocycles. The molecule has 8 rings (SSSR count). The normalized spacial score (nSPS) is 14.2. The molecule has 4 aromatic carbocycles. The minimum absolute atomic E-state index is 0.0656. The largest absolute Gasteiger partial charge is 0.493 e. The second kappa shape index (κ2) is 28.3. The smallest absolute Gasteiger partial charge is 0.419 e. The van der Waals surface area contributed by atoms with E-state index in [0.717, 1.165) is 34.2 Å². The van der Waals surface area contributed by atoms with Gasteiger partial charge in [-0.1, -0.05) is 32.0 Å². The monoisotopic (exact) mass is 1140 g/mol. The van der Waals surface area contributed by atoms with Gasteiger partial charge in [-0.3, -0.25) is 38.5 Å². The zero-order chi connectivity index (χ0) is 58.3. The summed E-state index contributed by atoms with van der Waals surface area (Å²) >= 11 is 1.62. The number of aromatic nitrogens is 1. The highest BCUT2D eigenvalue weighted by Crippen LogP contribution is 2.43. The number of carbonyl (C=O) groups excluding carboxylic acids is 8. The van der Waals surface area contributed by atoms with Crippen LogP contribution in [-0.2, 0) is 42.3 Å². The molecule has 0 unspecified atom stereocenters. The number of thiophene rings is 1. The number of hydrogen-bond donors (Lipinski definition) is 5. The number of fused-ring (bicyclic) bond motifs is 5. The number of ketones is 2. The Morgan fingerprint density at radius 3 is 2.27 bits per heavy atom. The van der Waals surface area contributed by atoms with E-state index in [2.05, 4.69) is 26.7 Å². The molecule has 20 nitrogen and oxygen atoms in total. The third kappa shape index (κ3) is 15.5. The predicted molar refractivity (Wildman–Crippen MR) is 314 cm³/mol. The van der Waals surface area contributed by atoms with Gasteiger partial charge in [-0.05, 0) is 129 Å². The molecule has 82 heavy (non-hydrogen) atoms. The lowest BCUT2D eigenvalue weighted by atomic mass is 9.99. The lowest BCUT2D eigenvalue weighted by Crippen LogP contribution is -2.44. The fourth-order valence-electron chi connectivity index (χ4n) is 9.84. The van der Waals surface area contributed by atoms with Crippen LogP contribution in [0.25, 0.3) is 10.1 Å². The highest BCUT2D eigenvalue weighted by molar-refractivity contribution is 7.17. The van der Waals surface area contributed by atoms with E-state index < -0.39 is 30.0 Å². The predicted octanol–water partition coefficient (Wildman–Crippen LogP) is 9.77. The maximum atomic E-state index is 14.6. The van der Waals surface area contributed by atoms with Crippen LogP contribution in [0.3, 0.4) is 0 Å². The number of rotatable bonds is 28. The van der Waals surface area contributed by atoms with Gasteiger partial charge in [0.25, 0.3) is 11.8 Å². The Morgan fingerprint density at radius 2 is 1.49 bits per heavy atom. The summed E-state index contributed by atoms with van der Waals surface area (Å²) in [7, 11) is 3.17. The molecule has 4 heterocycles. The van der Waals surface area contributed by atoms with E-state index in [1.54, 1.807) is 72.2 Å². The Hall–Kier alpha value is -8.40. The number of aryl methyl sites for hydroxylation is 1. The molecule has 3 atom stereocenters. The van der Waals surface area contributed by atoms with E-state index >= 15 is 0 Å². The Balaban J connectivity index is 0.838. The van der Waals surface area contributed by atoms with Crippen LogP contribution < -0.4 is 50.8 Å². The zero-order valence-corrected chi connectivity index (χ0v) is 47.6.